The highest BCUT2D eigenvalue weighted by molar-refractivity contribution is 6.30. The molecule has 7 heteroatoms. The monoisotopic (exact) mass is 340 g/mol. The van der Waals surface area contributed by atoms with Crippen LogP contribution in [-0.2, 0) is 0 Å². The number of hydrogen-bond donors (Lipinski definition) is 3. The van der Waals surface area contributed by atoms with Gasteiger partial charge in [0.15, 0.2) is 11.6 Å². The molecule has 0 amide bonds. The molecule has 24 heavy (non-hydrogen) atoms. The van der Waals surface area contributed by atoms with Crippen LogP contribution in [0.25, 0.3) is 0 Å². The number of hydrogen-bond acceptors (Lipinski definition) is 6. The van der Waals surface area contributed by atoms with Gasteiger partial charge in [-0.3, -0.25) is 0 Å². The zero-order valence-corrected chi connectivity index (χ0v) is 14.1. The van der Waals surface area contributed by atoms with Crippen LogP contribution >= 0.6 is 11.6 Å². The Balaban J connectivity index is 1.88. The van der Waals surface area contributed by atoms with Crippen LogP contribution in [-0.4, -0.2) is 15.0 Å². The first-order valence-electron chi connectivity index (χ1n) is 7.36. The summed E-state index contributed by atoms with van der Waals surface area (Å²) in [6, 6.07) is 9.40. The highest BCUT2D eigenvalue weighted by atomic mass is 35.5. The highest BCUT2D eigenvalue weighted by Crippen LogP contribution is 2.29. The Hall–Kier alpha value is -2.86. The third-order valence-electron chi connectivity index (χ3n) is 3.49. The lowest BCUT2D eigenvalue weighted by Crippen LogP contribution is -2.06. The number of benzene rings is 1. The second kappa shape index (κ2) is 6.72. The SMILES string of the molecule is Cc1ccnc(Nc2ncnc(Nc3ccc(Cl)cc3C)c2N)c1. The second-order valence-electron chi connectivity index (χ2n) is 5.41. The topological polar surface area (TPSA) is 88.8 Å². The van der Waals surface area contributed by atoms with E-state index in [0.29, 0.717) is 28.2 Å². The van der Waals surface area contributed by atoms with Gasteiger partial charge in [-0.15, -0.1) is 0 Å². The summed E-state index contributed by atoms with van der Waals surface area (Å²) in [6.45, 7) is 3.95. The van der Waals surface area contributed by atoms with Gasteiger partial charge in [0.1, 0.15) is 17.8 Å². The van der Waals surface area contributed by atoms with Crippen molar-refractivity contribution < 1.29 is 0 Å². The van der Waals surface area contributed by atoms with Gasteiger partial charge in [0.05, 0.1) is 0 Å². The lowest BCUT2D eigenvalue weighted by Gasteiger charge is -2.13. The Kier molecular flexibility index (Phi) is 4.48. The van der Waals surface area contributed by atoms with Crippen molar-refractivity contribution in [2.75, 3.05) is 16.4 Å². The zero-order valence-electron chi connectivity index (χ0n) is 13.3. The summed E-state index contributed by atoms with van der Waals surface area (Å²) in [4.78, 5) is 12.7. The number of halogens is 1. The largest absolute Gasteiger partial charge is 0.393 e. The predicted octanol–water partition coefficient (Wildman–Crippen LogP) is 4.21. The van der Waals surface area contributed by atoms with Crippen molar-refractivity contribution in [3.63, 3.8) is 0 Å². The maximum absolute atomic E-state index is 6.19. The highest BCUT2D eigenvalue weighted by Gasteiger charge is 2.10. The van der Waals surface area contributed by atoms with E-state index in [0.717, 1.165) is 16.8 Å². The number of aryl methyl sites for hydroxylation is 2. The number of nitrogens with two attached hydrogens (primary N) is 1. The lowest BCUT2D eigenvalue weighted by atomic mass is 10.2. The van der Waals surface area contributed by atoms with E-state index in [1.807, 2.05) is 44.2 Å². The van der Waals surface area contributed by atoms with Gasteiger partial charge >= 0.3 is 0 Å². The minimum atomic E-state index is 0.412. The molecule has 1 aromatic carbocycles. The molecule has 122 valence electrons. The Bertz CT molecular complexity index is 881. The van der Waals surface area contributed by atoms with Gasteiger partial charge in [-0.05, 0) is 55.3 Å². The summed E-state index contributed by atoms with van der Waals surface area (Å²) >= 11 is 5.98. The third kappa shape index (κ3) is 3.55. The Labute approximate surface area is 145 Å². The van der Waals surface area contributed by atoms with Gasteiger partial charge in [0.25, 0.3) is 0 Å². The normalized spacial score (nSPS) is 10.5. The van der Waals surface area contributed by atoms with Gasteiger partial charge in [-0.2, -0.15) is 0 Å². The van der Waals surface area contributed by atoms with Gasteiger partial charge in [-0.1, -0.05) is 11.6 Å². The van der Waals surface area contributed by atoms with Gasteiger partial charge < -0.3 is 16.4 Å². The number of nitrogens with zero attached hydrogens (tertiary/aromatic N) is 3. The third-order valence-corrected chi connectivity index (χ3v) is 3.72. The number of aromatic nitrogens is 3. The Morgan fingerprint density at radius 2 is 1.71 bits per heavy atom. The first-order chi connectivity index (χ1) is 11.5. The van der Waals surface area contributed by atoms with E-state index in [1.165, 1.54) is 6.33 Å². The van der Waals surface area contributed by atoms with Gasteiger partial charge in [0.2, 0.25) is 0 Å². The smallest absolute Gasteiger partial charge is 0.160 e. The van der Waals surface area contributed by atoms with Crippen LogP contribution in [0.4, 0.5) is 28.8 Å². The summed E-state index contributed by atoms with van der Waals surface area (Å²) in [6.07, 6.45) is 3.17. The van der Waals surface area contributed by atoms with E-state index < -0.39 is 0 Å². The van der Waals surface area contributed by atoms with E-state index in [4.69, 9.17) is 17.3 Å². The van der Waals surface area contributed by atoms with Crippen molar-refractivity contribution in [2.24, 2.45) is 0 Å². The molecule has 6 nitrogen and oxygen atoms in total. The summed E-state index contributed by atoms with van der Waals surface area (Å²) in [5.74, 6) is 1.69. The summed E-state index contributed by atoms with van der Waals surface area (Å²) in [5.41, 5.74) is 9.57. The molecule has 0 aliphatic rings. The molecule has 0 saturated heterocycles. The molecule has 2 heterocycles. The Morgan fingerprint density at radius 3 is 2.42 bits per heavy atom. The van der Waals surface area contributed by atoms with Gasteiger partial charge in [0, 0.05) is 16.9 Å². The van der Waals surface area contributed by atoms with Crippen LogP contribution in [0.3, 0.4) is 0 Å². The minimum Gasteiger partial charge on any atom is -0.393 e. The molecule has 0 atom stereocenters. The van der Waals surface area contributed by atoms with Crippen LogP contribution in [0.2, 0.25) is 5.02 Å². The Morgan fingerprint density at radius 1 is 0.958 bits per heavy atom. The number of anilines is 5. The first kappa shape index (κ1) is 16.0. The molecule has 0 aliphatic heterocycles. The van der Waals surface area contributed by atoms with E-state index in [9.17, 15) is 0 Å². The minimum absolute atomic E-state index is 0.412. The van der Waals surface area contributed by atoms with Crippen LogP contribution in [0, 0.1) is 13.8 Å². The van der Waals surface area contributed by atoms with Gasteiger partial charge in [-0.25, -0.2) is 15.0 Å². The maximum Gasteiger partial charge on any atom is 0.160 e. The number of pyridine rings is 1. The first-order valence-corrected chi connectivity index (χ1v) is 7.74. The van der Waals surface area contributed by atoms with Crippen molar-refractivity contribution in [3.05, 3.63) is 59.0 Å². The summed E-state index contributed by atoms with van der Waals surface area (Å²) in [7, 11) is 0. The molecule has 3 rings (SSSR count). The average Bonchev–Trinajstić information content (AvgIpc) is 2.54. The molecule has 0 unspecified atom stereocenters. The van der Waals surface area contributed by atoms with Crippen molar-refractivity contribution in [3.8, 4) is 0 Å². The molecule has 4 N–H and O–H groups in total. The molecule has 0 bridgehead atoms. The summed E-state index contributed by atoms with van der Waals surface area (Å²) in [5, 5.41) is 7.01. The number of nitrogen functional groups attached to an aromatic ring is 1. The van der Waals surface area contributed by atoms with Crippen molar-refractivity contribution in [2.45, 2.75) is 13.8 Å². The molecule has 0 spiro atoms. The average molecular weight is 341 g/mol. The van der Waals surface area contributed by atoms with Crippen LogP contribution < -0.4 is 16.4 Å². The van der Waals surface area contributed by atoms with Crippen molar-refractivity contribution in [1.29, 1.82) is 0 Å². The van der Waals surface area contributed by atoms with Crippen LogP contribution in [0.15, 0.2) is 42.9 Å². The van der Waals surface area contributed by atoms with Crippen LogP contribution in [0.1, 0.15) is 11.1 Å². The maximum atomic E-state index is 6.19. The quantitative estimate of drug-likeness (QED) is 0.659. The molecular formula is C17H17ClN6. The predicted molar refractivity (Wildman–Crippen MR) is 98.2 cm³/mol. The molecular weight excluding hydrogens is 324 g/mol. The second-order valence-corrected chi connectivity index (χ2v) is 5.85. The molecule has 0 fully saturated rings. The number of rotatable bonds is 4. The van der Waals surface area contributed by atoms with E-state index >= 15 is 0 Å². The fraction of sp³-hybridized carbons (Fsp3) is 0.118. The molecule has 2 aromatic heterocycles. The molecule has 0 saturated carbocycles. The molecule has 3 aromatic rings. The zero-order chi connectivity index (χ0) is 17.1. The lowest BCUT2D eigenvalue weighted by molar-refractivity contribution is 1.16. The fourth-order valence-corrected chi connectivity index (χ4v) is 2.44. The van der Waals surface area contributed by atoms with Crippen molar-refractivity contribution >= 4 is 40.4 Å². The van der Waals surface area contributed by atoms with Crippen LogP contribution in [0.5, 0.6) is 0 Å². The molecule has 0 aliphatic carbocycles. The fourth-order valence-electron chi connectivity index (χ4n) is 2.22. The van der Waals surface area contributed by atoms with Crippen molar-refractivity contribution in [1.82, 2.24) is 15.0 Å². The van der Waals surface area contributed by atoms with E-state index in [2.05, 4.69) is 25.6 Å². The number of nitrogens with one attached hydrogen (secondary N) is 2. The summed E-state index contributed by atoms with van der Waals surface area (Å²) < 4.78 is 0. The van der Waals surface area contributed by atoms with E-state index in [1.54, 1.807) is 6.20 Å². The molecule has 0 radical (unpaired) electrons. The van der Waals surface area contributed by atoms with E-state index in [-0.39, 0.29) is 0 Å². The standard InChI is InChI=1S/C17H17ClN6/c1-10-5-6-20-14(7-10)24-17-15(19)16(21-9-22-17)23-13-4-3-12(18)8-11(13)2/h3-9H,19H2,1-2H3,(H2,20,21,22,23,24).